The number of hydrogen-bond donors (Lipinski definition) is 1. The first-order chi connectivity index (χ1) is 21.2. The zero-order valence-electron chi connectivity index (χ0n) is 25.1. The molecule has 1 aliphatic heterocycles. The number of carbonyl (C=O) groups excluding carboxylic acids is 1. The van der Waals surface area contributed by atoms with Crippen LogP contribution in [0.2, 0.25) is 0 Å². The molecule has 1 atom stereocenters. The lowest BCUT2D eigenvalue weighted by molar-refractivity contribution is 0.0936. The molecule has 43 heavy (non-hydrogen) atoms. The monoisotopic (exact) mass is 567 g/mol. The van der Waals surface area contributed by atoms with E-state index in [1.165, 1.54) is 18.4 Å². The van der Waals surface area contributed by atoms with E-state index in [0.29, 0.717) is 5.92 Å². The summed E-state index contributed by atoms with van der Waals surface area (Å²) in [5.41, 5.74) is 7.22. The van der Waals surface area contributed by atoms with Gasteiger partial charge in [0.25, 0.3) is 5.91 Å². The molecule has 4 nitrogen and oxygen atoms in total. The molecule has 6 rings (SSSR count). The molecule has 1 fully saturated rings. The molecule has 2 heterocycles. The van der Waals surface area contributed by atoms with Crippen molar-refractivity contribution in [3.05, 3.63) is 138 Å². The Labute approximate surface area is 255 Å². The number of benzene rings is 4. The summed E-state index contributed by atoms with van der Waals surface area (Å²) >= 11 is 0. The number of nitrogens with zero attached hydrogens (tertiary/aromatic N) is 2. The Bertz CT molecular complexity index is 1630. The van der Waals surface area contributed by atoms with E-state index in [0.717, 1.165) is 77.7 Å². The van der Waals surface area contributed by atoms with Gasteiger partial charge in [0.1, 0.15) is 0 Å². The normalized spacial score (nSPS) is 14.9. The number of likely N-dealkylation sites (tertiary alicyclic amines) is 1. The summed E-state index contributed by atoms with van der Waals surface area (Å²) in [5, 5.41) is 4.31. The lowest BCUT2D eigenvalue weighted by Gasteiger charge is -2.32. The summed E-state index contributed by atoms with van der Waals surface area (Å²) in [7, 11) is 0. The van der Waals surface area contributed by atoms with Crippen molar-refractivity contribution < 1.29 is 4.79 Å². The van der Waals surface area contributed by atoms with Crippen molar-refractivity contribution in [1.82, 2.24) is 15.2 Å². The fraction of sp³-hybridized carbons (Fsp3) is 0.282. The van der Waals surface area contributed by atoms with E-state index < -0.39 is 0 Å². The maximum atomic E-state index is 14.3. The molecule has 1 aromatic heterocycles. The van der Waals surface area contributed by atoms with Gasteiger partial charge in [-0.25, -0.2) is 4.98 Å². The second-order valence-corrected chi connectivity index (χ2v) is 11.7. The van der Waals surface area contributed by atoms with Crippen molar-refractivity contribution in [3.8, 4) is 11.3 Å². The molecule has 1 amide bonds. The molecule has 0 aliphatic carbocycles. The van der Waals surface area contributed by atoms with Crippen LogP contribution in [0, 0.1) is 0 Å². The van der Waals surface area contributed by atoms with E-state index in [-0.39, 0.29) is 11.9 Å². The molecule has 0 saturated carbocycles. The third kappa shape index (κ3) is 6.71. The van der Waals surface area contributed by atoms with E-state index in [1.54, 1.807) is 0 Å². The summed E-state index contributed by atoms with van der Waals surface area (Å²) in [6.45, 7) is 5.37. The molecule has 5 aromatic rings. The zero-order chi connectivity index (χ0) is 29.4. The third-order valence-electron chi connectivity index (χ3n) is 8.94. The first-order valence-electron chi connectivity index (χ1n) is 15.8. The van der Waals surface area contributed by atoms with Gasteiger partial charge in [-0.05, 0) is 80.4 Å². The second-order valence-electron chi connectivity index (χ2n) is 11.7. The fourth-order valence-corrected chi connectivity index (χ4v) is 6.62. The minimum absolute atomic E-state index is 0.0230. The number of hydrogen-bond acceptors (Lipinski definition) is 3. The maximum absolute atomic E-state index is 14.3. The number of fused-ring (bicyclic) bond motifs is 1. The summed E-state index contributed by atoms with van der Waals surface area (Å²) in [4.78, 5) is 22.0. The number of piperidine rings is 1. The van der Waals surface area contributed by atoms with Gasteiger partial charge in [-0.3, -0.25) is 4.79 Å². The summed E-state index contributed by atoms with van der Waals surface area (Å²) < 4.78 is 0. The van der Waals surface area contributed by atoms with Gasteiger partial charge in [-0.2, -0.15) is 0 Å². The van der Waals surface area contributed by atoms with Crippen molar-refractivity contribution in [1.29, 1.82) is 0 Å². The van der Waals surface area contributed by atoms with Crippen LogP contribution in [0.5, 0.6) is 0 Å². The number of aromatic nitrogens is 1. The molecule has 0 unspecified atom stereocenters. The van der Waals surface area contributed by atoms with Crippen LogP contribution in [-0.4, -0.2) is 35.4 Å². The third-order valence-corrected chi connectivity index (χ3v) is 8.94. The predicted octanol–water partition coefficient (Wildman–Crippen LogP) is 8.60. The van der Waals surface area contributed by atoms with E-state index in [1.807, 2.05) is 48.5 Å². The SMILES string of the molecule is CC[C@H](NC(=O)c1c(CCCN2CCC(c3ccccc3)CC2)c(-c2ccccc2)nc2ccccc12)c1ccccc1. The molecule has 0 bridgehead atoms. The van der Waals surface area contributed by atoms with Gasteiger partial charge in [-0.1, -0.05) is 116 Å². The number of nitrogens with one attached hydrogen (secondary N) is 1. The molecule has 1 aliphatic rings. The van der Waals surface area contributed by atoms with Crippen LogP contribution in [0.25, 0.3) is 22.2 Å². The average molecular weight is 568 g/mol. The molecule has 1 saturated heterocycles. The Morgan fingerprint density at radius 2 is 1.47 bits per heavy atom. The summed E-state index contributed by atoms with van der Waals surface area (Å²) in [6.07, 6.45) is 4.99. The average Bonchev–Trinajstić information content (AvgIpc) is 3.08. The van der Waals surface area contributed by atoms with E-state index >= 15 is 0 Å². The summed E-state index contributed by atoms with van der Waals surface area (Å²) in [5.74, 6) is 0.628. The van der Waals surface area contributed by atoms with Crippen molar-refractivity contribution in [2.75, 3.05) is 19.6 Å². The predicted molar refractivity (Wildman–Crippen MR) is 177 cm³/mol. The molecular weight excluding hydrogens is 526 g/mol. The number of amides is 1. The van der Waals surface area contributed by atoms with E-state index in [2.05, 4.69) is 83.9 Å². The Balaban J connectivity index is 1.28. The largest absolute Gasteiger partial charge is 0.345 e. The number of carbonyl (C=O) groups is 1. The van der Waals surface area contributed by atoms with Crippen LogP contribution < -0.4 is 5.32 Å². The van der Waals surface area contributed by atoms with E-state index in [9.17, 15) is 4.79 Å². The van der Waals surface area contributed by atoms with Gasteiger partial charge in [0.15, 0.2) is 0 Å². The van der Waals surface area contributed by atoms with Crippen LogP contribution >= 0.6 is 0 Å². The van der Waals surface area contributed by atoms with Crippen LogP contribution in [0.4, 0.5) is 0 Å². The van der Waals surface area contributed by atoms with Crippen molar-refractivity contribution >= 4 is 16.8 Å². The van der Waals surface area contributed by atoms with Gasteiger partial charge in [0, 0.05) is 10.9 Å². The molecule has 218 valence electrons. The molecule has 0 spiro atoms. The van der Waals surface area contributed by atoms with Gasteiger partial charge in [-0.15, -0.1) is 0 Å². The molecule has 4 heteroatoms. The Hall–Kier alpha value is -4.28. The zero-order valence-corrected chi connectivity index (χ0v) is 25.1. The van der Waals surface area contributed by atoms with Crippen molar-refractivity contribution in [2.45, 2.75) is 51.0 Å². The van der Waals surface area contributed by atoms with Gasteiger partial charge in [0.2, 0.25) is 0 Å². The number of rotatable bonds is 10. The smallest absolute Gasteiger partial charge is 0.252 e. The molecule has 0 radical (unpaired) electrons. The Kier molecular flexibility index (Phi) is 9.25. The van der Waals surface area contributed by atoms with Gasteiger partial charge < -0.3 is 10.2 Å². The first-order valence-corrected chi connectivity index (χ1v) is 15.8. The molecule has 1 N–H and O–H groups in total. The Morgan fingerprint density at radius 1 is 0.837 bits per heavy atom. The van der Waals surface area contributed by atoms with Crippen LogP contribution in [0.1, 0.15) is 71.6 Å². The van der Waals surface area contributed by atoms with Crippen LogP contribution in [-0.2, 0) is 6.42 Å². The minimum Gasteiger partial charge on any atom is -0.345 e. The molecular formula is C39H41N3O. The first kappa shape index (κ1) is 28.8. The standard InChI is InChI=1S/C39H41N3O/c1-2-35(31-17-8-4-9-18-31)41-39(43)37-33-21-12-13-23-36(33)40-38(32-19-10-5-11-20-32)34(37)22-14-26-42-27-24-30(25-28-42)29-15-6-3-7-16-29/h3-13,15-21,23,30,35H,2,14,22,24-28H2,1H3,(H,41,43)/t35-/m0/s1. The minimum atomic E-state index is -0.0560. The lowest BCUT2D eigenvalue weighted by atomic mass is 9.89. The van der Waals surface area contributed by atoms with Crippen molar-refractivity contribution in [3.63, 3.8) is 0 Å². The highest BCUT2D eigenvalue weighted by Gasteiger charge is 2.25. The topological polar surface area (TPSA) is 45.2 Å². The second kappa shape index (κ2) is 13.8. The van der Waals surface area contributed by atoms with Crippen LogP contribution in [0.15, 0.2) is 115 Å². The maximum Gasteiger partial charge on any atom is 0.252 e. The van der Waals surface area contributed by atoms with Crippen LogP contribution in [0.3, 0.4) is 0 Å². The molecule has 4 aromatic carbocycles. The van der Waals surface area contributed by atoms with Gasteiger partial charge >= 0.3 is 0 Å². The van der Waals surface area contributed by atoms with Crippen molar-refractivity contribution in [2.24, 2.45) is 0 Å². The number of para-hydroxylation sites is 1. The highest BCUT2D eigenvalue weighted by molar-refractivity contribution is 6.09. The van der Waals surface area contributed by atoms with E-state index in [4.69, 9.17) is 4.98 Å². The number of pyridine rings is 1. The highest BCUT2D eigenvalue weighted by Crippen LogP contribution is 2.33. The summed E-state index contributed by atoms with van der Waals surface area (Å²) in [6, 6.07) is 39.6. The quantitative estimate of drug-likeness (QED) is 0.184. The Morgan fingerprint density at radius 3 is 2.16 bits per heavy atom. The lowest BCUT2D eigenvalue weighted by Crippen LogP contribution is -2.34. The fourth-order valence-electron chi connectivity index (χ4n) is 6.62. The highest BCUT2D eigenvalue weighted by atomic mass is 16.1. The van der Waals surface area contributed by atoms with Gasteiger partial charge in [0.05, 0.1) is 22.8 Å².